The number of H-pyrrole nitrogens is 1. The Bertz CT molecular complexity index is 834. The maximum Gasteiger partial charge on any atom is 0.247 e. The second kappa shape index (κ2) is 6.06. The van der Waals surface area contributed by atoms with Gasteiger partial charge in [-0.2, -0.15) is 14.5 Å². The number of fused-ring (bicyclic) bond motifs is 2. The summed E-state index contributed by atoms with van der Waals surface area (Å²) in [7, 11) is -3.56. The van der Waals surface area contributed by atoms with Crippen molar-refractivity contribution in [2.45, 2.75) is 62.6 Å². The lowest BCUT2D eigenvalue weighted by atomic mass is 10.0. The molecule has 134 valence electrons. The van der Waals surface area contributed by atoms with E-state index in [9.17, 15) is 8.42 Å². The van der Waals surface area contributed by atoms with Gasteiger partial charge in [0.25, 0.3) is 0 Å². The van der Waals surface area contributed by atoms with E-state index < -0.39 is 10.0 Å². The number of aromatic amines is 1. The van der Waals surface area contributed by atoms with Crippen molar-refractivity contribution in [1.29, 1.82) is 0 Å². The predicted molar refractivity (Wildman–Crippen MR) is 89.6 cm³/mol. The molecule has 2 saturated heterocycles. The number of piperidine rings is 1. The van der Waals surface area contributed by atoms with Gasteiger partial charge in [-0.3, -0.25) is 5.10 Å². The van der Waals surface area contributed by atoms with Crippen LogP contribution >= 0.6 is 0 Å². The monoisotopic (exact) mass is 363 g/mol. The molecule has 25 heavy (non-hydrogen) atoms. The number of rotatable bonds is 4. The molecule has 0 saturated carbocycles. The van der Waals surface area contributed by atoms with Crippen LogP contribution in [0.3, 0.4) is 0 Å². The Hall–Kier alpha value is -2.00. The Kier molecular flexibility index (Phi) is 3.99. The molecule has 8 nitrogen and oxygen atoms in total. The second-order valence-corrected chi connectivity index (χ2v) is 8.54. The van der Waals surface area contributed by atoms with Crippen LogP contribution in [0.2, 0.25) is 0 Å². The summed E-state index contributed by atoms with van der Waals surface area (Å²) in [6.45, 7) is 3.47. The van der Waals surface area contributed by atoms with Crippen molar-refractivity contribution in [1.82, 2.24) is 24.7 Å². The number of ether oxygens (including phenoxy) is 1. The average Bonchev–Trinajstić information content (AvgIpc) is 3.06. The molecule has 2 aromatic rings. The summed E-state index contributed by atoms with van der Waals surface area (Å²) in [6.07, 6.45) is 4.62. The van der Waals surface area contributed by atoms with E-state index in [-0.39, 0.29) is 18.2 Å². The first kappa shape index (κ1) is 16.5. The number of aromatic nitrogens is 4. The van der Waals surface area contributed by atoms with Gasteiger partial charge in [0, 0.05) is 37.2 Å². The second-order valence-electron chi connectivity index (χ2n) is 6.76. The van der Waals surface area contributed by atoms with Gasteiger partial charge in [0.2, 0.25) is 15.9 Å². The minimum atomic E-state index is -3.56. The van der Waals surface area contributed by atoms with E-state index in [2.05, 4.69) is 20.4 Å². The van der Waals surface area contributed by atoms with Crippen LogP contribution in [0.15, 0.2) is 23.2 Å². The number of sulfonamides is 1. The first-order valence-corrected chi connectivity index (χ1v) is 9.90. The summed E-state index contributed by atoms with van der Waals surface area (Å²) in [6, 6.07) is 3.47. The third-order valence-corrected chi connectivity index (χ3v) is 7.32. The molecule has 0 spiro atoms. The van der Waals surface area contributed by atoms with Crippen LogP contribution in [0, 0.1) is 13.8 Å². The maximum absolute atomic E-state index is 13.2. The van der Waals surface area contributed by atoms with E-state index in [1.165, 1.54) is 0 Å². The average molecular weight is 363 g/mol. The Morgan fingerprint density at radius 3 is 2.52 bits per heavy atom. The summed E-state index contributed by atoms with van der Waals surface area (Å²) < 4.78 is 34.0. The van der Waals surface area contributed by atoms with Gasteiger partial charge >= 0.3 is 0 Å². The molecular weight excluding hydrogens is 342 g/mol. The molecule has 3 atom stereocenters. The van der Waals surface area contributed by atoms with Gasteiger partial charge in [-0.1, -0.05) is 0 Å². The van der Waals surface area contributed by atoms with Gasteiger partial charge in [0.05, 0.1) is 11.4 Å². The van der Waals surface area contributed by atoms with Crippen molar-refractivity contribution in [3.05, 3.63) is 29.7 Å². The normalized spacial score (nSPS) is 26.7. The molecular formula is C16H21N5O3S. The fourth-order valence-electron chi connectivity index (χ4n) is 4.12. The molecule has 0 aromatic carbocycles. The van der Waals surface area contributed by atoms with Crippen LogP contribution in [0.25, 0.3) is 0 Å². The predicted octanol–water partition coefficient (Wildman–Crippen LogP) is 1.58. The molecule has 0 aliphatic carbocycles. The molecule has 2 bridgehead atoms. The number of hydrogen-bond donors (Lipinski definition) is 1. The Labute approximate surface area is 146 Å². The Morgan fingerprint density at radius 1 is 1.24 bits per heavy atom. The highest BCUT2D eigenvalue weighted by atomic mass is 32.2. The van der Waals surface area contributed by atoms with Crippen LogP contribution in [0.1, 0.15) is 37.1 Å². The summed E-state index contributed by atoms with van der Waals surface area (Å²) in [5, 5.41) is 14.6. The lowest BCUT2D eigenvalue weighted by Gasteiger charge is -2.37. The van der Waals surface area contributed by atoms with Crippen molar-refractivity contribution in [2.75, 3.05) is 0 Å². The van der Waals surface area contributed by atoms with E-state index in [1.54, 1.807) is 36.5 Å². The number of hydrogen-bond acceptors (Lipinski definition) is 6. The fourth-order valence-corrected chi connectivity index (χ4v) is 6.35. The highest BCUT2D eigenvalue weighted by molar-refractivity contribution is 7.89. The van der Waals surface area contributed by atoms with Crippen LogP contribution in [-0.2, 0) is 10.0 Å². The first-order chi connectivity index (χ1) is 12.0. The van der Waals surface area contributed by atoms with Crippen molar-refractivity contribution >= 4 is 10.0 Å². The van der Waals surface area contributed by atoms with Crippen LogP contribution < -0.4 is 4.74 Å². The van der Waals surface area contributed by atoms with E-state index in [0.717, 1.165) is 12.8 Å². The summed E-state index contributed by atoms with van der Waals surface area (Å²) in [5.41, 5.74) is 1.12. The summed E-state index contributed by atoms with van der Waals surface area (Å²) in [4.78, 5) is 0.317. The van der Waals surface area contributed by atoms with Gasteiger partial charge < -0.3 is 4.74 Å². The third-order valence-electron chi connectivity index (χ3n) is 5.05. The van der Waals surface area contributed by atoms with Crippen LogP contribution in [-0.4, -0.2) is 51.3 Å². The molecule has 0 amide bonds. The molecule has 1 N–H and O–H groups in total. The largest absolute Gasteiger partial charge is 0.473 e. The molecule has 0 radical (unpaired) electrons. The molecule has 2 aliphatic heterocycles. The van der Waals surface area contributed by atoms with Crippen molar-refractivity contribution < 1.29 is 13.2 Å². The van der Waals surface area contributed by atoms with Gasteiger partial charge in [-0.15, -0.1) is 5.10 Å². The first-order valence-electron chi connectivity index (χ1n) is 8.46. The van der Waals surface area contributed by atoms with E-state index in [4.69, 9.17) is 4.74 Å². The smallest absolute Gasteiger partial charge is 0.247 e. The van der Waals surface area contributed by atoms with Gasteiger partial charge in [0.1, 0.15) is 11.0 Å². The number of nitrogens with one attached hydrogen (secondary N) is 1. The minimum Gasteiger partial charge on any atom is -0.473 e. The molecule has 2 aromatic heterocycles. The lowest BCUT2D eigenvalue weighted by molar-refractivity contribution is 0.0909. The quantitative estimate of drug-likeness (QED) is 0.885. The van der Waals surface area contributed by atoms with Gasteiger partial charge in [-0.25, -0.2) is 8.42 Å². The zero-order chi connectivity index (χ0) is 17.6. The van der Waals surface area contributed by atoms with Gasteiger partial charge in [0.15, 0.2) is 0 Å². The molecule has 9 heteroatoms. The summed E-state index contributed by atoms with van der Waals surface area (Å²) in [5.74, 6) is 0.490. The topological polar surface area (TPSA) is 101 Å². The zero-order valence-electron chi connectivity index (χ0n) is 14.2. The van der Waals surface area contributed by atoms with Gasteiger partial charge in [-0.05, 0) is 32.8 Å². The Balaban J connectivity index is 1.57. The van der Waals surface area contributed by atoms with Crippen LogP contribution in [0.4, 0.5) is 0 Å². The van der Waals surface area contributed by atoms with Crippen molar-refractivity contribution in [2.24, 2.45) is 0 Å². The Morgan fingerprint density at radius 2 is 1.96 bits per heavy atom. The molecule has 4 heterocycles. The molecule has 2 aliphatic rings. The van der Waals surface area contributed by atoms with Crippen molar-refractivity contribution in [3.63, 3.8) is 0 Å². The highest BCUT2D eigenvalue weighted by Crippen LogP contribution is 2.41. The van der Waals surface area contributed by atoms with Crippen LogP contribution in [0.5, 0.6) is 5.88 Å². The molecule has 2 fully saturated rings. The van der Waals surface area contributed by atoms with Crippen molar-refractivity contribution in [3.8, 4) is 5.88 Å². The lowest BCUT2D eigenvalue weighted by Crippen LogP contribution is -2.49. The number of aryl methyl sites for hydroxylation is 2. The zero-order valence-corrected chi connectivity index (χ0v) is 15.0. The van der Waals surface area contributed by atoms with E-state index in [1.807, 2.05) is 0 Å². The maximum atomic E-state index is 13.2. The molecule has 0 unspecified atom stereocenters. The summed E-state index contributed by atoms with van der Waals surface area (Å²) >= 11 is 0. The SMILES string of the molecule is Cc1n[nH]c(C)c1S(=O)(=O)N1[C@@H]2CC[C@H]1C[C@H](Oc1cccnn1)C2. The highest BCUT2D eigenvalue weighted by Gasteiger charge is 2.49. The standard InChI is InChI=1S/C16H21N5O3S/c1-10-16(11(2)19-18-10)25(22,23)21-12-5-6-13(21)9-14(8-12)24-15-4-3-7-17-20-15/h3-4,7,12-14H,5-6,8-9H2,1-2H3,(H,18,19)/t12-,13+,14-. The fraction of sp³-hybridized carbons (Fsp3) is 0.562. The third kappa shape index (κ3) is 2.81. The number of nitrogens with zero attached hydrogens (tertiary/aromatic N) is 4. The molecule has 4 rings (SSSR count). The minimum absolute atomic E-state index is 0.0350. The van der Waals surface area contributed by atoms with E-state index >= 15 is 0 Å². The van der Waals surface area contributed by atoms with E-state index in [0.29, 0.717) is 35.0 Å².